The molecule has 0 spiro atoms. The van der Waals surface area contributed by atoms with Crippen LogP contribution in [0.4, 0.5) is 0 Å². The van der Waals surface area contributed by atoms with Gasteiger partial charge in [0.25, 0.3) is 0 Å². The van der Waals surface area contributed by atoms with Crippen LogP contribution in [0.2, 0.25) is 0 Å². The quantitative estimate of drug-likeness (QED) is 0.560. The van der Waals surface area contributed by atoms with Crippen molar-refractivity contribution >= 4 is 21.6 Å². The van der Waals surface area contributed by atoms with Crippen LogP contribution in [0.15, 0.2) is 30.9 Å². The zero-order chi connectivity index (χ0) is 10.8. The van der Waals surface area contributed by atoms with Crippen LogP contribution in [-0.2, 0) is 6.54 Å². The zero-order valence-corrected chi connectivity index (χ0v) is 11.8. The predicted molar refractivity (Wildman–Crippen MR) is 63.5 cm³/mol. The van der Waals surface area contributed by atoms with Crippen molar-refractivity contribution < 1.29 is 26.3 Å². The molecule has 1 heterocycles. The fraction of sp³-hybridized carbons (Fsp3) is 0.250. The molecule has 1 aromatic carbocycles. The molecule has 0 saturated carbocycles. The van der Waals surface area contributed by atoms with Crippen molar-refractivity contribution in [1.29, 1.82) is 0 Å². The Hall–Kier alpha value is -0.870. The summed E-state index contributed by atoms with van der Waals surface area (Å²) in [5, 5.41) is 1.29. The third kappa shape index (κ3) is 2.28. The summed E-state index contributed by atoms with van der Waals surface area (Å²) < 4.78 is 8.72. The van der Waals surface area contributed by atoms with Crippen molar-refractivity contribution in [3.8, 4) is 5.75 Å². The molecule has 4 heteroatoms. The summed E-state index contributed by atoms with van der Waals surface area (Å²) in [4.78, 5) is 0. The molecule has 86 valence electrons. The first-order valence-corrected chi connectivity index (χ1v) is 5.66. The Morgan fingerprint density at radius 3 is 2.88 bits per heavy atom. The van der Waals surface area contributed by atoms with Gasteiger partial charge in [0.15, 0.2) is 6.54 Å². The van der Waals surface area contributed by atoms with E-state index in [1.807, 2.05) is 12.1 Å². The van der Waals surface area contributed by atoms with E-state index in [1.165, 1.54) is 15.2 Å². The molecule has 0 unspecified atom stereocenters. The SMILES string of the molecule is C=CC[n+]1c(C)sc2cc(OC)ccc21.[Br-]. The molecule has 16 heavy (non-hydrogen) atoms. The van der Waals surface area contributed by atoms with Gasteiger partial charge >= 0.3 is 0 Å². The summed E-state index contributed by atoms with van der Waals surface area (Å²) in [5.41, 5.74) is 1.25. The molecule has 0 fully saturated rings. The second-order valence-electron chi connectivity index (χ2n) is 3.35. The van der Waals surface area contributed by atoms with E-state index < -0.39 is 0 Å². The number of rotatable bonds is 3. The van der Waals surface area contributed by atoms with Crippen LogP contribution >= 0.6 is 11.3 Å². The van der Waals surface area contributed by atoms with Gasteiger partial charge in [0.1, 0.15) is 10.4 Å². The van der Waals surface area contributed by atoms with E-state index in [4.69, 9.17) is 4.74 Å². The summed E-state index contributed by atoms with van der Waals surface area (Å²) >= 11 is 1.78. The number of aryl methyl sites for hydroxylation is 1. The lowest BCUT2D eigenvalue weighted by Gasteiger charge is -1.96. The molecule has 0 saturated heterocycles. The second kappa shape index (κ2) is 5.46. The van der Waals surface area contributed by atoms with E-state index in [2.05, 4.69) is 30.2 Å². The Kier molecular flexibility index (Phi) is 4.50. The number of halogens is 1. The molecule has 0 radical (unpaired) electrons. The van der Waals surface area contributed by atoms with E-state index >= 15 is 0 Å². The maximum atomic E-state index is 5.21. The predicted octanol–water partition coefficient (Wildman–Crippen LogP) is -0.304. The van der Waals surface area contributed by atoms with E-state index in [1.54, 1.807) is 18.4 Å². The molecule has 1 aromatic heterocycles. The van der Waals surface area contributed by atoms with Gasteiger partial charge in [-0.05, 0) is 12.1 Å². The largest absolute Gasteiger partial charge is 1.00 e. The third-order valence-corrected chi connectivity index (χ3v) is 3.47. The minimum Gasteiger partial charge on any atom is -1.00 e. The third-order valence-electron chi connectivity index (χ3n) is 2.41. The van der Waals surface area contributed by atoms with Crippen LogP contribution in [0.3, 0.4) is 0 Å². The molecule has 0 amide bonds. The molecule has 0 aliphatic carbocycles. The fourth-order valence-electron chi connectivity index (χ4n) is 1.67. The summed E-state index contributed by atoms with van der Waals surface area (Å²) in [6.45, 7) is 6.76. The first-order chi connectivity index (χ1) is 7.26. The van der Waals surface area contributed by atoms with Crippen molar-refractivity contribution in [2.45, 2.75) is 13.5 Å². The smallest absolute Gasteiger partial charge is 0.235 e. The molecule has 0 N–H and O–H groups in total. The van der Waals surface area contributed by atoms with Crippen LogP contribution in [0, 0.1) is 6.92 Å². The van der Waals surface area contributed by atoms with Gasteiger partial charge in [-0.1, -0.05) is 17.9 Å². The molecule has 0 bridgehead atoms. The first-order valence-electron chi connectivity index (χ1n) is 4.84. The first kappa shape index (κ1) is 13.2. The Morgan fingerprint density at radius 2 is 2.25 bits per heavy atom. The maximum Gasteiger partial charge on any atom is 0.235 e. The fourth-order valence-corrected chi connectivity index (χ4v) is 2.73. The minimum absolute atomic E-state index is 0. The number of benzene rings is 1. The molecular formula is C12H14BrNOS. The standard InChI is InChI=1S/C12H14NOS.BrH/c1-4-7-13-9(2)15-12-8-10(14-3)5-6-11(12)13;/h4-6,8H,1,7H2,2-3H3;1H/q+1;/p-1. The van der Waals surface area contributed by atoms with E-state index in [-0.39, 0.29) is 17.0 Å². The number of thiazole rings is 1. The Morgan fingerprint density at radius 1 is 1.50 bits per heavy atom. The number of fused-ring (bicyclic) bond motifs is 1. The summed E-state index contributed by atoms with van der Waals surface area (Å²) in [5.74, 6) is 0.912. The molecule has 0 aliphatic rings. The Labute approximate surface area is 110 Å². The second-order valence-corrected chi connectivity index (χ2v) is 4.59. The maximum absolute atomic E-state index is 5.21. The van der Waals surface area contributed by atoms with Gasteiger partial charge in [0.05, 0.1) is 7.11 Å². The number of nitrogens with zero attached hydrogens (tertiary/aromatic N) is 1. The molecule has 0 aliphatic heterocycles. The van der Waals surface area contributed by atoms with Crippen molar-refractivity contribution in [2.24, 2.45) is 0 Å². The van der Waals surface area contributed by atoms with E-state index in [0.29, 0.717) is 0 Å². The number of ether oxygens (including phenoxy) is 1. The average molecular weight is 300 g/mol. The van der Waals surface area contributed by atoms with Crippen LogP contribution in [-0.4, -0.2) is 7.11 Å². The molecular weight excluding hydrogens is 286 g/mol. The Bertz CT molecular complexity index is 507. The van der Waals surface area contributed by atoms with Crippen molar-refractivity contribution in [3.05, 3.63) is 35.9 Å². The lowest BCUT2D eigenvalue weighted by atomic mass is 10.3. The summed E-state index contributed by atoms with van der Waals surface area (Å²) in [7, 11) is 1.69. The number of aromatic nitrogens is 1. The van der Waals surface area contributed by atoms with Gasteiger partial charge in [0.2, 0.25) is 10.5 Å². The average Bonchev–Trinajstić information content (AvgIpc) is 2.55. The van der Waals surface area contributed by atoms with Gasteiger partial charge in [-0.3, -0.25) is 0 Å². The number of hydrogen-bond donors (Lipinski definition) is 0. The lowest BCUT2D eigenvalue weighted by molar-refractivity contribution is -0.662. The van der Waals surface area contributed by atoms with Crippen LogP contribution in [0.5, 0.6) is 5.75 Å². The highest BCUT2D eigenvalue weighted by atomic mass is 79.9. The normalized spacial score (nSPS) is 9.88. The van der Waals surface area contributed by atoms with Crippen molar-refractivity contribution in [3.63, 3.8) is 0 Å². The highest BCUT2D eigenvalue weighted by molar-refractivity contribution is 7.18. The molecule has 2 rings (SSSR count). The number of methoxy groups -OCH3 is 1. The lowest BCUT2D eigenvalue weighted by Crippen LogP contribution is -3.00. The van der Waals surface area contributed by atoms with Gasteiger partial charge in [-0.2, -0.15) is 4.57 Å². The number of hydrogen-bond acceptors (Lipinski definition) is 2. The van der Waals surface area contributed by atoms with Crippen LogP contribution < -0.4 is 26.3 Å². The number of allylic oxidation sites excluding steroid dienone is 1. The van der Waals surface area contributed by atoms with Gasteiger partial charge < -0.3 is 21.7 Å². The summed E-state index contributed by atoms with van der Waals surface area (Å²) in [6, 6.07) is 6.17. The zero-order valence-electron chi connectivity index (χ0n) is 9.37. The minimum atomic E-state index is 0. The van der Waals surface area contributed by atoms with Crippen LogP contribution in [0.25, 0.3) is 10.2 Å². The van der Waals surface area contributed by atoms with Crippen molar-refractivity contribution in [2.75, 3.05) is 7.11 Å². The highest BCUT2D eigenvalue weighted by Gasteiger charge is 2.15. The Balaban J connectivity index is 0.00000128. The van der Waals surface area contributed by atoms with Gasteiger partial charge in [-0.25, -0.2) is 0 Å². The molecule has 2 nitrogen and oxygen atoms in total. The highest BCUT2D eigenvalue weighted by Crippen LogP contribution is 2.24. The van der Waals surface area contributed by atoms with E-state index in [0.717, 1.165) is 12.3 Å². The van der Waals surface area contributed by atoms with E-state index in [9.17, 15) is 0 Å². The molecule has 0 atom stereocenters. The van der Waals surface area contributed by atoms with Crippen molar-refractivity contribution in [1.82, 2.24) is 0 Å². The van der Waals surface area contributed by atoms with Gasteiger partial charge in [0, 0.05) is 19.1 Å². The van der Waals surface area contributed by atoms with Crippen LogP contribution in [0.1, 0.15) is 5.01 Å². The van der Waals surface area contributed by atoms with Gasteiger partial charge in [-0.15, -0.1) is 0 Å². The summed E-state index contributed by atoms with van der Waals surface area (Å²) in [6.07, 6.45) is 1.92. The monoisotopic (exact) mass is 299 g/mol. The molecule has 2 aromatic rings. The topological polar surface area (TPSA) is 13.1 Å².